The zero-order valence-electron chi connectivity index (χ0n) is 29.9. The molecule has 0 spiro atoms. The standard InChI is InChI=1S/C50H30N4O2/c1-3-13-31(14-4-1)49-51-39-19-8-10-21-41(39)54(49)42-22-12-24-46-48(42)37-30-33(26-28-44(37)56-46)32-25-27-43-36(29-32)47-35(17-11-23-45(47)55-43)50-52-38-18-7-9-20-40(38)53(50)34-15-5-2-6-16-34/h1-30H. The molecule has 0 saturated carbocycles. The van der Waals surface area contributed by atoms with Gasteiger partial charge in [-0.05, 0) is 90.0 Å². The molecular formula is C50H30N4O2. The van der Waals surface area contributed by atoms with Crippen LogP contribution in [0.2, 0.25) is 0 Å². The number of furan rings is 2. The summed E-state index contributed by atoms with van der Waals surface area (Å²) in [6.07, 6.45) is 0. The average molecular weight is 719 g/mol. The van der Waals surface area contributed by atoms with Crippen LogP contribution in [-0.2, 0) is 0 Å². The molecule has 0 aliphatic heterocycles. The minimum atomic E-state index is 0.823. The number of benzene rings is 8. The van der Waals surface area contributed by atoms with E-state index in [9.17, 15) is 0 Å². The lowest BCUT2D eigenvalue weighted by molar-refractivity contribution is 0.668. The molecule has 4 heterocycles. The van der Waals surface area contributed by atoms with Crippen molar-refractivity contribution in [3.8, 4) is 45.3 Å². The molecule has 0 bridgehead atoms. The Bertz CT molecular complexity index is 3480. The number of imidazole rings is 2. The summed E-state index contributed by atoms with van der Waals surface area (Å²) in [5.74, 6) is 1.76. The van der Waals surface area contributed by atoms with E-state index in [1.807, 2.05) is 36.4 Å². The zero-order chi connectivity index (χ0) is 36.7. The summed E-state index contributed by atoms with van der Waals surface area (Å²) in [6, 6.07) is 62.9. The number of nitrogens with zero attached hydrogens (tertiary/aromatic N) is 4. The summed E-state index contributed by atoms with van der Waals surface area (Å²) in [6.45, 7) is 0. The fourth-order valence-electron chi connectivity index (χ4n) is 8.46. The van der Waals surface area contributed by atoms with Gasteiger partial charge in [0, 0.05) is 33.0 Å². The van der Waals surface area contributed by atoms with Crippen molar-refractivity contribution in [2.24, 2.45) is 0 Å². The van der Waals surface area contributed by atoms with Crippen molar-refractivity contribution >= 4 is 65.9 Å². The summed E-state index contributed by atoms with van der Waals surface area (Å²) in [4.78, 5) is 10.3. The Morgan fingerprint density at radius 3 is 1.62 bits per heavy atom. The topological polar surface area (TPSA) is 61.9 Å². The van der Waals surface area contributed by atoms with Gasteiger partial charge < -0.3 is 8.83 Å². The fourth-order valence-corrected chi connectivity index (χ4v) is 8.46. The maximum atomic E-state index is 6.53. The lowest BCUT2D eigenvalue weighted by Gasteiger charge is -2.11. The van der Waals surface area contributed by atoms with Crippen molar-refractivity contribution in [3.05, 3.63) is 182 Å². The van der Waals surface area contributed by atoms with E-state index in [-0.39, 0.29) is 0 Å². The molecule has 8 aromatic carbocycles. The maximum Gasteiger partial charge on any atom is 0.146 e. The van der Waals surface area contributed by atoms with E-state index >= 15 is 0 Å². The second kappa shape index (κ2) is 11.9. The van der Waals surface area contributed by atoms with E-state index in [2.05, 4.69) is 155 Å². The largest absolute Gasteiger partial charge is 0.456 e. The Morgan fingerprint density at radius 2 is 0.929 bits per heavy atom. The first-order valence-electron chi connectivity index (χ1n) is 18.7. The van der Waals surface area contributed by atoms with Crippen molar-refractivity contribution in [1.82, 2.24) is 19.1 Å². The van der Waals surface area contributed by atoms with Crippen molar-refractivity contribution in [1.29, 1.82) is 0 Å². The third kappa shape index (κ3) is 4.56. The normalized spacial score (nSPS) is 11.9. The van der Waals surface area contributed by atoms with Gasteiger partial charge >= 0.3 is 0 Å². The molecular weight excluding hydrogens is 689 g/mol. The Labute approximate surface area is 320 Å². The molecule has 0 fully saturated rings. The molecule has 0 aliphatic carbocycles. The lowest BCUT2D eigenvalue weighted by atomic mass is 9.99. The number of para-hydroxylation sites is 5. The second-order valence-electron chi connectivity index (χ2n) is 14.2. The molecule has 0 atom stereocenters. The van der Waals surface area contributed by atoms with E-state index in [0.717, 1.165) is 111 Å². The summed E-state index contributed by atoms with van der Waals surface area (Å²) >= 11 is 0. The zero-order valence-corrected chi connectivity index (χ0v) is 29.9. The Kier molecular flexibility index (Phi) is 6.53. The van der Waals surface area contributed by atoms with Crippen molar-refractivity contribution in [2.75, 3.05) is 0 Å². The first kappa shape index (κ1) is 30.7. The van der Waals surface area contributed by atoms with Gasteiger partial charge in [-0.25, -0.2) is 9.97 Å². The van der Waals surface area contributed by atoms with E-state index < -0.39 is 0 Å². The number of rotatable bonds is 5. The molecule has 6 nitrogen and oxygen atoms in total. The molecule has 0 N–H and O–H groups in total. The summed E-state index contributed by atoms with van der Waals surface area (Å²) in [5.41, 5.74) is 13.6. The predicted molar refractivity (Wildman–Crippen MR) is 227 cm³/mol. The Balaban J connectivity index is 1.06. The third-order valence-electron chi connectivity index (χ3n) is 11.0. The average Bonchev–Trinajstić information content (AvgIpc) is 4.04. The van der Waals surface area contributed by atoms with Gasteiger partial charge in [0.05, 0.1) is 33.1 Å². The smallest absolute Gasteiger partial charge is 0.146 e. The molecule has 0 saturated heterocycles. The highest BCUT2D eigenvalue weighted by Crippen LogP contribution is 2.42. The van der Waals surface area contributed by atoms with Gasteiger partial charge in [0.2, 0.25) is 0 Å². The first-order chi connectivity index (χ1) is 27.8. The predicted octanol–water partition coefficient (Wildman–Crippen LogP) is 13.2. The molecule has 0 aliphatic rings. The van der Waals surface area contributed by atoms with Crippen LogP contribution in [0.5, 0.6) is 0 Å². The number of hydrogen-bond acceptors (Lipinski definition) is 4. The minimum absolute atomic E-state index is 0.823. The molecule has 4 aromatic heterocycles. The highest BCUT2D eigenvalue weighted by molar-refractivity contribution is 6.14. The van der Waals surface area contributed by atoms with Gasteiger partial charge in [0.1, 0.15) is 34.0 Å². The van der Waals surface area contributed by atoms with Gasteiger partial charge in [-0.1, -0.05) is 103 Å². The lowest BCUT2D eigenvalue weighted by Crippen LogP contribution is -1.98. The van der Waals surface area contributed by atoms with Crippen molar-refractivity contribution in [2.45, 2.75) is 0 Å². The van der Waals surface area contributed by atoms with Crippen molar-refractivity contribution < 1.29 is 8.83 Å². The number of aromatic nitrogens is 4. The van der Waals surface area contributed by atoms with Crippen LogP contribution in [0.4, 0.5) is 0 Å². The van der Waals surface area contributed by atoms with Gasteiger partial charge in [0.15, 0.2) is 0 Å². The van der Waals surface area contributed by atoms with E-state index in [1.54, 1.807) is 0 Å². The van der Waals surface area contributed by atoms with Crippen LogP contribution in [0.15, 0.2) is 191 Å². The summed E-state index contributed by atoms with van der Waals surface area (Å²) < 4.78 is 17.6. The molecule has 12 rings (SSSR count). The molecule has 0 amide bonds. The van der Waals surface area contributed by atoms with E-state index in [1.165, 1.54) is 0 Å². The molecule has 262 valence electrons. The van der Waals surface area contributed by atoms with Crippen LogP contribution in [-0.4, -0.2) is 19.1 Å². The monoisotopic (exact) mass is 718 g/mol. The highest BCUT2D eigenvalue weighted by atomic mass is 16.3. The van der Waals surface area contributed by atoms with Gasteiger partial charge in [-0.2, -0.15) is 0 Å². The van der Waals surface area contributed by atoms with Crippen LogP contribution in [0.1, 0.15) is 0 Å². The minimum Gasteiger partial charge on any atom is -0.456 e. The van der Waals surface area contributed by atoms with Crippen LogP contribution in [0.3, 0.4) is 0 Å². The van der Waals surface area contributed by atoms with E-state index in [0.29, 0.717) is 0 Å². The maximum absolute atomic E-state index is 6.53. The number of hydrogen-bond donors (Lipinski definition) is 0. The Hall–Kier alpha value is -7.70. The molecule has 6 heteroatoms. The van der Waals surface area contributed by atoms with Crippen LogP contribution >= 0.6 is 0 Å². The number of fused-ring (bicyclic) bond motifs is 8. The fraction of sp³-hybridized carbons (Fsp3) is 0. The highest BCUT2D eigenvalue weighted by Gasteiger charge is 2.22. The summed E-state index contributed by atoms with van der Waals surface area (Å²) in [5, 5.41) is 4.16. The third-order valence-corrected chi connectivity index (χ3v) is 11.0. The molecule has 12 aromatic rings. The second-order valence-corrected chi connectivity index (χ2v) is 14.2. The van der Waals surface area contributed by atoms with Gasteiger partial charge in [-0.15, -0.1) is 0 Å². The van der Waals surface area contributed by atoms with Crippen LogP contribution in [0.25, 0.3) is 111 Å². The first-order valence-corrected chi connectivity index (χ1v) is 18.7. The van der Waals surface area contributed by atoms with Crippen LogP contribution in [0, 0.1) is 0 Å². The van der Waals surface area contributed by atoms with E-state index in [4.69, 9.17) is 18.8 Å². The SMILES string of the molecule is c1ccc(-c2nc3ccccc3n2-c2cccc3oc4ccc(-c5ccc6oc7cccc(-c8nc9ccccc9n8-c8ccccc8)c7c6c5)cc4c23)cc1. The molecule has 0 unspecified atom stereocenters. The van der Waals surface area contributed by atoms with Gasteiger partial charge in [0.25, 0.3) is 0 Å². The molecule has 56 heavy (non-hydrogen) atoms. The Morgan fingerprint density at radius 1 is 0.375 bits per heavy atom. The quantitative estimate of drug-likeness (QED) is 0.178. The van der Waals surface area contributed by atoms with Crippen molar-refractivity contribution in [3.63, 3.8) is 0 Å². The van der Waals surface area contributed by atoms with Crippen LogP contribution < -0.4 is 0 Å². The summed E-state index contributed by atoms with van der Waals surface area (Å²) in [7, 11) is 0. The van der Waals surface area contributed by atoms with Gasteiger partial charge in [-0.3, -0.25) is 9.13 Å². The molecule has 0 radical (unpaired) electrons.